The maximum absolute atomic E-state index is 2.36. The molecule has 1 unspecified atom stereocenters. The van der Waals surface area contributed by atoms with Crippen molar-refractivity contribution in [2.24, 2.45) is 5.92 Å². The molecule has 1 aliphatic carbocycles. The van der Waals surface area contributed by atoms with Crippen LogP contribution in [0.1, 0.15) is 37.0 Å². The van der Waals surface area contributed by atoms with Crippen LogP contribution in [0.4, 0.5) is 0 Å². The lowest BCUT2D eigenvalue weighted by Gasteiger charge is -2.21. The van der Waals surface area contributed by atoms with Crippen LogP contribution in [-0.4, -0.2) is 0 Å². The molecule has 232 valence electrons. The maximum atomic E-state index is 2.36. The Labute approximate surface area is 284 Å². The van der Waals surface area contributed by atoms with E-state index in [0.717, 1.165) is 6.42 Å². The van der Waals surface area contributed by atoms with Crippen molar-refractivity contribution in [1.29, 1.82) is 0 Å². The van der Waals surface area contributed by atoms with E-state index in [1.807, 2.05) is 0 Å². The number of allylic oxidation sites excluding steroid dienone is 6. The largest absolute Gasteiger partial charge is 0.0839 e. The normalized spacial score (nSPS) is 17.8. The third kappa shape index (κ3) is 5.00. The second-order valence-electron chi connectivity index (χ2n) is 13.4. The van der Waals surface area contributed by atoms with Crippen molar-refractivity contribution in [2.45, 2.75) is 34.1 Å². The number of hydrogen-bond acceptors (Lipinski definition) is 0. The van der Waals surface area contributed by atoms with E-state index >= 15 is 0 Å². The van der Waals surface area contributed by atoms with E-state index in [9.17, 15) is 0 Å². The van der Waals surface area contributed by atoms with Crippen LogP contribution in [0.15, 0.2) is 157 Å². The number of fused-ring (bicyclic) bond motifs is 3. The topological polar surface area (TPSA) is 0 Å². The number of benzene rings is 7. The molecule has 0 fully saturated rings. The van der Waals surface area contributed by atoms with Crippen LogP contribution in [-0.2, 0) is 0 Å². The summed E-state index contributed by atoms with van der Waals surface area (Å²) in [4.78, 5) is 0. The van der Waals surface area contributed by atoms with Crippen LogP contribution < -0.4 is 0 Å². The highest BCUT2D eigenvalue weighted by Gasteiger charge is 2.20. The van der Waals surface area contributed by atoms with Crippen LogP contribution in [0.2, 0.25) is 0 Å². The van der Waals surface area contributed by atoms with Gasteiger partial charge < -0.3 is 0 Å². The molecule has 0 aliphatic heterocycles. The Morgan fingerprint density at radius 2 is 0.917 bits per heavy atom. The molecule has 1 aliphatic rings. The minimum Gasteiger partial charge on any atom is -0.0839 e. The van der Waals surface area contributed by atoms with Gasteiger partial charge in [-0.2, -0.15) is 0 Å². The molecule has 0 aromatic heterocycles. The lowest BCUT2D eigenvalue weighted by molar-refractivity contribution is 0.760. The first-order chi connectivity index (χ1) is 23.5. The first-order valence-electron chi connectivity index (χ1n) is 17.2. The van der Waals surface area contributed by atoms with Gasteiger partial charge in [0.25, 0.3) is 0 Å². The number of hydrogen-bond donors (Lipinski definition) is 0. The molecule has 0 spiro atoms. The van der Waals surface area contributed by atoms with Crippen LogP contribution in [0.3, 0.4) is 0 Å². The van der Waals surface area contributed by atoms with Crippen molar-refractivity contribution >= 4 is 37.9 Å². The molecule has 0 saturated carbocycles. The Morgan fingerprint density at radius 3 is 1.48 bits per heavy atom. The van der Waals surface area contributed by atoms with E-state index in [1.165, 1.54) is 93.5 Å². The highest BCUT2D eigenvalue weighted by molar-refractivity contribution is 6.24. The summed E-state index contributed by atoms with van der Waals surface area (Å²) in [7, 11) is 0. The van der Waals surface area contributed by atoms with Crippen LogP contribution in [0.5, 0.6) is 0 Å². The summed E-state index contributed by atoms with van der Waals surface area (Å²) in [5.41, 5.74) is 14.5. The Balaban J connectivity index is 1.36. The minimum absolute atomic E-state index is 0.467. The van der Waals surface area contributed by atoms with Crippen molar-refractivity contribution in [3.8, 4) is 33.4 Å². The third-order valence-electron chi connectivity index (χ3n) is 10.4. The molecule has 0 bridgehead atoms. The van der Waals surface area contributed by atoms with Crippen LogP contribution >= 0.6 is 0 Å². The van der Waals surface area contributed by atoms with Crippen molar-refractivity contribution in [3.63, 3.8) is 0 Å². The van der Waals surface area contributed by atoms with Gasteiger partial charge in [-0.15, -0.1) is 0 Å². The zero-order valence-electron chi connectivity index (χ0n) is 28.2. The monoisotopic (exact) mass is 616 g/mol. The fourth-order valence-electron chi connectivity index (χ4n) is 8.19. The molecule has 7 aromatic carbocycles. The zero-order chi connectivity index (χ0) is 32.8. The van der Waals surface area contributed by atoms with E-state index in [2.05, 4.69) is 179 Å². The van der Waals surface area contributed by atoms with Gasteiger partial charge in [0.15, 0.2) is 0 Å². The molecule has 0 heterocycles. The summed E-state index contributed by atoms with van der Waals surface area (Å²) in [6.07, 6.45) is 9.91. The molecule has 0 amide bonds. The van der Waals surface area contributed by atoms with Gasteiger partial charge in [-0.05, 0) is 127 Å². The van der Waals surface area contributed by atoms with Crippen molar-refractivity contribution in [2.75, 3.05) is 0 Å². The van der Waals surface area contributed by atoms with Gasteiger partial charge in [-0.25, -0.2) is 0 Å². The first-order valence-corrected chi connectivity index (χ1v) is 17.2. The standard InChI is InChI=1S/C48H40/c1-31-15-6-5-7-16-32(2)45(31)35-25-27-36(28-26-35)47-39-21-10-12-23-41(39)48(42-24-13-11-22-40(42)47)44-30-29-43(37-19-8-9-20-38(37)44)46-33(3)17-14-18-34(46)4/h5-15,17-30,32H,16H2,1-4H3/b7-5+,15-6-,45-31+. The van der Waals surface area contributed by atoms with E-state index < -0.39 is 0 Å². The van der Waals surface area contributed by atoms with Gasteiger partial charge in [-0.3, -0.25) is 0 Å². The second-order valence-corrected chi connectivity index (χ2v) is 13.4. The molecule has 48 heavy (non-hydrogen) atoms. The molecule has 0 heteroatoms. The van der Waals surface area contributed by atoms with Gasteiger partial charge in [0, 0.05) is 0 Å². The highest BCUT2D eigenvalue weighted by atomic mass is 14.2. The molecule has 8 rings (SSSR count). The van der Waals surface area contributed by atoms with Crippen molar-refractivity contribution in [1.82, 2.24) is 0 Å². The number of aryl methyl sites for hydroxylation is 2. The zero-order valence-corrected chi connectivity index (χ0v) is 28.2. The summed E-state index contributed by atoms with van der Waals surface area (Å²) in [6, 6.07) is 47.6. The summed E-state index contributed by atoms with van der Waals surface area (Å²) in [5.74, 6) is 0.467. The fraction of sp³-hybridized carbons (Fsp3) is 0.125. The van der Waals surface area contributed by atoms with Crippen molar-refractivity contribution in [3.05, 3.63) is 174 Å². The molecule has 0 nitrogen and oxygen atoms in total. The Hall–Kier alpha value is -5.46. The molecule has 0 radical (unpaired) electrons. The maximum Gasteiger partial charge on any atom is -0.00201 e. The minimum atomic E-state index is 0.467. The Kier molecular flexibility index (Phi) is 7.66. The lowest BCUT2D eigenvalue weighted by Crippen LogP contribution is -2.01. The highest BCUT2D eigenvalue weighted by Crippen LogP contribution is 2.47. The molecule has 0 N–H and O–H groups in total. The Morgan fingerprint density at radius 1 is 0.438 bits per heavy atom. The van der Waals surface area contributed by atoms with Crippen molar-refractivity contribution < 1.29 is 0 Å². The predicted octanol–water partition coefficient (Wildman–Crippen LogP) is 13.7. The predicted molar refractivity (Wildman–Crippen MR) is 209 cm³/mol. The van der Waals surface area contributed by atoms with Gasteiger partial charge >= 0.3 is 0 Å². The van der Waals surface area contributed by atoms with Crippen LogP contribution in [0.25, 0.3) is 71.3 Å². The smallest absolute Gasteiger partial charge is 0.00201 e. The quantitative estimate of drug-likeness (QED) is 0.173. The average molecular weight is 617 g/mol. The lowest BCUT2D eigenvalue weighted by atomic mass is 9.82. The summed E-state index contributed by atoms with van der Waals surface area (Å²) >= 11 is 0. The van der Waals surface area contributed by atoms with E-state index in [0.29, 0.717) is 5.92 Å². The molecular formula is C48H40. The summed E-state index contributed by atoms with van der Waals surface area (Å²) in [5, 5.41) is 7.70. The van der Waals surface area contributed by atoms with Gasteiger partial charge in [0.2, 0.25) is 0 Å². The van der Waals surface area contributed by atoms with E-state index in [1.54, 1.807) is 0 Å². The van der Waals surface area contributed by atoms with E-state index in [4.69, 9.17) is 0 Å². The fourth-order valence-corrected chi connectivity index (χ4v) is 8.19. The van der Waals surface area contributed by atoms with Gasteiger partial charge in [-0.1, -0.05) is 159 Å². The number of rotatable bonds is 4. The summed E-state index contributed by atoms with van der Waals surface area (Å²) in [6.45, 7) is 9.03. The SMILES string of the molecule is CC1=C(\c2ccc(-c3c4ccccc4c(-c4ccc(-c5c(C)cccc5C)c5ccccc45)c4ccccc34)cc2)C(C)C/C=C/C=C\1. The van der Waals surface area contributed by atoms with Crippen LogP contribution in [0, 0.1) is 19.8 Å². The van der Waals surface area contributed by atoms with E-state index in [-0.39, 0.29) is 0 Å². The van der Waals surface area contributed by atoms with Gasteiger partial charge in [0.05, 0.1) is 0 Å². The third-order valence-corrected chi connectivity index (χ3v) is 10.4. The van der Waals surface area contributed by atoms with Gasteiger partial charge in [0.1, 0.15) is 0 Å². The summed E-state index contributed by atoms with van der Waals surface area (Å²) < 4.78 is 0. The molecule has 0 saturated heterocycles. The second kappa shape index (κ2) is 12.3. The first kappa shape index (κ1) is 29.9. The average Bonchev–Trinajstić information content (AvgIpc) is 3.10. The Bertz CT molecular complexity index is 2370. The molecule has 7 aromatic rings. The molecule has 1 atom stereocenters. The molecular weight excluding hydrogens is 577 g/mol.